The lowest BCUT2D eigenvalue weighted by atomic mass is 10.1. The first-order chi connectivity index (χ1) is 9.51. The summed E-state index contributed by atoms with van der Waals surface area (Å²) < 4.78 is 6.63. The lowest BCUT2D eigenvalue weighted by Gasteiger charge is -2.31. The van der Waals surface area contributed by atoms with Crippen LogP contribution >= 0.6 is 15.9 Å². The van der Waals surface area contributed by atoms with Crippen LogP contribution in [-0.2, 0) is 11.2 Å². The first-order valence-electron chi connectivity index (χ1n) is 7.17. The Morgan fingerprint density at radius 1 is 1.45 bits per heavy atom. The van der Waals surface area contributed by atoms with Gasteiger partial charge in [-0.2, -0.15) is 0 Å². The van der Waals surface area contributed by atoms with Crippen LogP contribution in [0.4, 0.5) is 5.82 Å². The molecular formula is C14H23BrN4O. The molecule has 2 heterocycles. The topological polar surface area (TPSA) is 64.3 Å². The second-order valence-corrected chi connectivity index (χ2v) is 6.37. The van der Waals surface area contributed by atoms with Gasteiger partial charge < -0.3 is 10.5 Å². The highest BCUT2D eigenvalue weighted by Crippen LogP contribution is 2.27. The lowest BCUT2D eigenvalue weighted by Crippen LogP contribution is -2.38. The number of nitrogen functional groups attached to an aromatic ring is 1. The highest BCUT2D eigenvalue weighted by molar-refractivity contribution is 9.10. The molecule has 2 rings (SSSR count). The standard InChI is InChI=1S/C14H23BrN4O/c1-4-19-5-6-20-11(8-19)14-17-10(7-9(2)3)12(15)13(16)18-14/h9,11H,4-8H2,1-3H3,(H2,16,17,18). The largest absolute Gasteiger partial charge is 0.383 e. The van der Waals surface area contributed by atoms with E-state index < -0.39 is 0 Å². The molecule has 0 amide bonds. The van der Waals surface area contributed by atoms with Gasteiger partial charge in [0.1, 0.15) is 11.9 Å². The quantitative estimate of drug-likeness (QED) is 0.910. The molecule has 0 spiro atoms. The lowest BCUT2D eigenvalue weighted by molar-refractivity contribution is -0.0326. The second-order valence-electron chi connectivity index (χ2n) is 5.58. The summed E-state index contributed by atoms with van der Waals surface area (Å²) in [5.41, 5.74) is 6.98. The fourth-order valence-electron chi connectivity index (χ4n) is 2.34. The van der Waals surface area contributed by atoms with Gasteiger partial charge in [0.05, 0.1) is 16.8 Å². The van der Waals surface area contributed by atoms with Crippen LogP contribution in [0.2, 0.25) is 0 Å². The number of aromatic nitrogens is 2. The number of morpholine rings is 1. The van der Waals surface area contributed by atoms with Gasteiger partial charge in [-0.3, -0.25) is 4.90 Å². The number of halogens is 1. The van der Waals surface area contributed by atoms with Gasteiger partial charge in [-0.15, -0.1) is 0 Å². The summed E-state index contributed by atoms with van der Waals surface area (Å²) in [7, 11) is 0. The van der Waals surface area contributed by atoms with Crippen LogP contribution < -0.4 is 5.73 Å². The molecule has 5 nitrogen and oxygen atoms in total. The Morgan fingerprint density at radius 3 is 2.85 bits per heavy atom. The molecule has 1 aromatic rings. The van der Waals surface area contributed by atoms with Gasteiger partial charge >= 0.3 is 0 Å². The third-order valence-electron chi connectivity index (χ3n) is 3.45. The van der Waals surface area contributed by atoms with E-state index in [-0.39, 0.29) is 6.10 Å². The Labute approximate surface area is 129 Å². The summed E-state index contributed by atoms with van der Waals surface area (Å²) in [5, 5.41) is 0. The molecule has 0 bridgehead atoms. The van der Waals surface area contributed by atoms with Crippen LogP contribution in [0.15, 0.2) is 4.47 Å². The van der Waals surface area contributed by atoms with Crippen LogP contribution in [0.3, 0.4) is 0 Å². The molecule has 1 unspecified atom stereocenters. The summed E-state index contributed by atoms with van der Waals surface area (Å²) in [6.07, 6.45) is 0.801. The summed E-state index contributed by atoms with van der Waals surface area (Å²) in [6.45, 7) is 10.0. The number of nitrogens with two attached hydrogens (primary N) is 1. The van der Waals surface area contributed by atoms with Crippen molar-refractivity contribution in [2.75, 3.05) is 32.0 Å². The molecule has 0 radical (unpaired) electrons. The zero-order valence-corrected chi connectivity index (χ0v) is 14.0. The number of rotatable bonds is 4. The van der Waals surface area contributed by atoms with Crippen LogP contribution in [0.25, 0.3) is 0 Å². The summed E-state index contributed by atoms with van der Waals surface area (Å²) in [6, 6.07) is 0. The van der Waals surface area contributed by atoms with E-state index in [0.29, 0.717) is 17.6 Å². The van der Waals surface area contributed by atoms with Crippen molar-refractivity contribution in [3.8, 4) is 0 Å². The van der Waals surface area contributed by atoms with E-state index in [0.717, 1.165) is 42.8 Å². The summed E-state index contributed by atoms with van der Waals surface area (Å²) >= 11 is 3.49. The van der Waals surface area contributed by atoms with E-state index in [1.54, 1.807) is 0 Å². The van der Waals surface area contributed by atoms with E-state index in [2.05, 4.69) is 51.6 Å². The molecule has 112 valence electrons. The molecule has 0 aromatic carbocycles. The third kappa shape index (κ3) is 3.68. The van der Waals surface area contributed by atoms with Gasteiger partial charge in [-0.1, -0.05) is 20.8 Å². The molecule has 20 heavy (non-hydrogen) atoms. The molecule has 1 aliphatic heterocycles. The predicted octanol–water partition coefficient (Wildman–Crippen LogP) is 2.41. The van der Waals surface area contributed by atoms with Gasteiger partial charge in [0, 0.05) is 13.1 Å². The molecule has 1 saturated heterocycles. The van der Waals surface area contributed by atoms with Crippen LogP contribution in [0.5, 0.6) is 0 Å². The van der Waals surface area contributed by atoms with E-state index in [4.69, 9.17) is 10.5 Å². The second kappa shape index (κ2) is 6.83. The Bertz CT molecular complexity index is 467. The SMILES string of the molecule is CCN1CCOC(c2nc(N)c(Br)c(CC(C)C)n2)C1. The zero-order valence-electron chi connectivity index (χ0n) is 12.4. The number of anilines is 1. The molecule has 6 heteroatoms. The fourth-order valence-corrected chi connectivity index (χ4v) is 2.68. The number of nitrogens with zero attached hydrogens (tertiary/aromatic N) is 3. The van der Waals surface area contributed by atoms with Crippen LogP contribution in [-0.4, -0.2) is 41.1 Å². The minimum Gasteiger partial charge on any atom is -0.383 e. The Hall–Kier alpha value is -0.720. The van der Waals surface area contributed by atoms with Crippen molar-refractivity contribution < 1.29 is 4.74 Å². The molecule has 2 N–H and O–H groups in total. The Balaban J connectivity index is 2.25. The number of likely N-dealkylation sites (N-methyl/N-ethyl adjacent to an activating group) is 1. The summed E-state index contributed by atoms with van der Waals surface area (Å²) in [4.78, 5) is 11.4. The normalized spacial score (nSPS) is 20.6. The van der Waals surface area contributed by atoms with Gasteiger partial charge in [0.15, 0.2) is 5.82 Å². The monoisotopic (exact) mass is 342 g/mol. The maximum absolute atomic E-state index is 6.00. The van der Waals surface area contributed by atoms with E-state index in [1.807, 2.05) is 0 Å². The van der Waals surface area contributed by atoms with Gasteiger partial charge in [-0.05, 0) is 34.8 Å². The molecule has 1 aliphatic rings. The van der Waals surface area contributed by atoms with Crippen molar-refractivity contribution in [3.05, 3.63) is 16.0 Å². The van der Waals surface area contributed by atoms with E-state index in [1.165, 1.54) is 0 Å². The maximum atomic E-state index is 6.00. The van der Waals surface area contributed by atoms with Gasteiger partial charge in [0.2, 0.25) is 0 Å². The predicted molar refractivity (Wildman–Crippen MR) is 83.5 cm³/mol. The Kier molecular flexibility index (Phi) is 5.35. The van der Waals surface area contributed by atoms with Crippen molar-refractivity contribution in [1.82, 2.24) is 14.9 Å². The third-order valence-corrected chi connectivity index (χ3v) is 4.31. The minimum absolute atomic E-state index is 0.0787. The highest BCUT2D eigenvalue weighted by Gasteiger charge is 2.25. The van der Waals surface area contributed by atoms with Crippen molar-refractivity contribution in [1.29, 1.82) is 0 Å². The van der Waals surface area contributed by atoms with Crippen LogP contribution in [0, 0.1) is 5.92 Å². The van der Waals surface area contributed by atoms with Crippen molar-refractivity contribution >= 4 is 21.7 Å². The Morgan fingerprint density at radius 2 is 2.20 bits per heavy atom. The first-order valence-corrected chi connectivity index (χ1v) is 7.96. The van der Waals surface area contributed by atoms with Gasteiger partial charge in [-0.25, -0.2) is 9.97 Å². The molecule has 0 saturated carbocycles. The fraction of sp³-hybridized carbons (Fsp3) is 0.714. The first kappa shape index (κ1) is 15.7. The van der Waals surface area contributed by atoms with Crippen molar-refractivity contribution in [3.63, 3.8) is 0 Å². The molecule has 0 aliphatic carbocycles. The number of hydrogen-bond acceptors (Lipinski definition) is 5. The minimum atomic E-state index is -0.0787. The highest BCUT2D eigenvalue weighted by atomic mass is 79.9. The molecular weight excluding hydrogens is 320 g/mol. The van der Waals surface area contributed by atoms with Crippen molar-refractivity contribution in [2.24, 2.45) is 5.92 Å². The van der Waals surface area contributed by atoms with Gasteiger partial charge in [0.25, 0.3) is 0 Å². The number of hydrogen-bond donors (Lipinski definition) is 1. The molecule has 1 atom stereocenters. The van der Waals surface area contributed by atoms with Crippen LogP contribution in [0.1, 0.15) is 38.4 Å². The average Bonchev–Trinajstić information content (AvgIpc) is 2.43. The summed E-state index contributed by atoms with van der Waals surface area (Å²) in [5.74, 6) is 1.73. The van der Waals surface area contributed by atoms with E-state index in [9.17, 15) is 0 Å². The zero-order chi connectivity index (χ0) is 14.7. The van der Waals surface area contributed by atoms with E-state index >= 15 is 0 Å². The maximum Gasteiger partial charge on any atom is 0.161 e. The van der Waals surface area contributed by atoms with Crippen molar-refractivity contribution in [2.45, 2.75) is 33.3 Å². The molecule has 1 aromatic heterocycles. The smallest absolute Gasteiger partial charge is 0.161 e. The average molecular weight is 343 g/mol. The number of ether oxygens (including phenoxy) is 1. The molecule has 1 fully saturated rings.